The summed E-state index contributed by atoms with van der Waals surface area (Å²) < 4.78 is 69.5. The summed E-state index contributed by atoms with van der Waals surface area (Å²) >= 11 is 0. The van der Waals surface area contributed by atoms with Crippen LogP contribution in [0.25, 0.3) is 22.6 Å². The number of furan rings is 1. The van der Waals surface area contributed by atoms with E-state index in [4.69, 9.17) is 13.6 Å². The zero-order valence-corrected chi connectivity index (χ0v) is 17.6. The van der Waals surface area contributed by atoms with Crippen LogP contribution in [0.1, 0.15) is 18.1 Å². The van der Waals surface area contributed by atoms with Crippen molar-refractivity contribution < 1.29 is 35.9 Å². The van der Waals surface area contributed by atoms with Crippen molar-refractivity contribution in [3.8, 4) is 17.4 Å². The first kappa shape index (κ1) is 23.1. The van der Waals surface area contributed by atoms with Crippen molar-refractivity contribution in [2.24, 2.45) is 0 Å². The number of aromatic nitrogens is 2. The Bertz CT molecular complexity index is 1400. The molecule has 0 bridgehead atoms. The second-order valence-corrected chi connectivity index (χ2v) is 7.12. The second kappa shape index (κ2) is 9.04. The Labute approximate surface area is 188 Å². The third kappa shape index (κ3) is 4.80. The van der Waals surface area contributed by atoms with Gasteiger partial charge < -0.3 is 18.9 Å². The lowest BCUT2D eigenvalue weighted by atomic mass is 10.1. The maximum Gasteiger partial charge on any atom is 0.437 e. The number of hydrogen-bond donors (Lipinski definition) is 1. The lowest BCUT2D eigenvalue weighted by molar-refractivity contribution is -0.138. The molecule has 178 valence electrons. The number of rotatable bonds is 7. The van der Waals surface area contributed by atoms with Gasteiger partial charge in [0.15, 0.2) is 17.1 Å². The van der Waals surface area contributed by atoms with Gasteiger partial charge in [0, 0.05) is 11.9 Å². The molecule has 0 saturated carbocycles. The first-order chi connectivity index (χ1) is 16.2. The molecule has 2 heterocycles. The average molecular weight is 479 g/mol. The highest BCUT2D eigenvalue weighted by Gasteiger charge is 2.33. The van der Waals surface area contributed by atoms with Crippen molar-refractivity contribution >= 4 is 16.9 Å². The molecule has 0 unspecified atom stereocenters. The Balaban J connectivity index is 1.49. The molecule has 0 radical (unpaired) electrons. The Morgan fingerprint density at radius 1 is 1.18 bits per heavy atom. The predicted octanol–water partition coefficient (Wildman–Crippen LogP) is 4.12. The molecule has 1 N–H and O–H groups in total. The quantitative estimate of drug-likeness (QED) is 0.401. The van der Waals surface area contributed by atoms with Crippen LogP contribution >= 0.6 is 0 Å². The number of carbonyl (C=O) groups excluding carboxylic acids is 1. The van der Waals surface area contributed by atoms with Gasteiger partial charge in [0.05, 0.1) is 12.2 Å². The lowest BCUT2D eigenvalue weighted by Gasteiger charge is -2.13. The number of halogens is 4. The van der Waals surface area contributed by atoms with Crippen molar-refractivity contribution in [2.45, 2.75) is 26.2 Å². The van der Waals surface area contributed by atoms with E-state index < -0.39 is 42.3 Å². The number of amides is 1. The van der Waals surface area contributed by atoms with Gasteiger partial charge in [0.2, 0.25) is 5.91 Å². The highest BCUT2D eigenvalue weighted by atomic mass is 19.4. The van der Waals surface area contributed by atoms with E-state index in [9.17, 15) is 27.2 Å². The average Bonchev–Trinajstić information content (AvgIpc) is 3.37. The molecule has 0 aliphatic carbocycles. The van der Waals surface area contributed by atoms with Gasteiger partial charge in [-0.2, -0.15) is 17.9 Å². The van der Waals surface area contributed by atoms with Crippen LogP contribution in [-0.2, 0) is 24.1 Å². The lowest BCUT2D eigenvalue weighted by Crippen LogP contribution is -2.31. The number of carbonyl (C=O) groups is 1. The molecule has 12 heteroatoms. The Hall–Kier alpha value is -4.09. The van der Waals surface area contributed by atoms with Crippen LogP contribution in [0.15, 0.2) is 56.1 Å². The highest BCUT2D eigenvalue weighted by Crippen LogP contribution is 2.33. The fraction of sp³-hybridized carbons (Fsp3) is 0.227. The largest absolute Gasteiger partial charge is 0.490 e. The molecular weight excluding hydrogens is 462 g/mol. The molecule has 0 saturated heterocycles. The number of ether oxygens (including phenoxy) is 1. The summed E-state index contributed by atoms with van der Waals surface area (Å²) in [4.78, 5) is 24.3. The third-order valence-electron chi connectivity index (χ3n) is 4.77. The van der Waals surface area contributed by atoms with Crippen molar-refractivity contribution in [3.63, 3.8) is 0 Å². The van der Waals surface area contributed by atoms with Gasteiger partial charge >= 0.3 is 11.9 Å². The van der Waals surface area contributed by atoms with Gasteiger partial charge in [0.25, 0.3) is 5.89 Å². The number of nitrogens with one attached hydrogen (secondary N) is 1. The smallest absolute Gasteiger partial charge is 0.437 e. The van der Waals surface area contributed by atoms with Crippen molar-refractivity contribution in [1.29, 1.82) is 0 Å². The van der Waals surface area contributed by atoms with Crippen molar-refractivity contribution in [2.75, 3.05) is 6.61 Å². The van der Waals surface area contributed by atoms with Gasteiger partial charge in [-0.3, -0.25) is 4.79 Å². The minimum absolute atomic E-state index is 0.125. The number of para-hydroxylation sites is 1. The standard InChI is InChI=1S/C22H17F4N3O5/c1-2-32-16-5-3-4-12-8-17(33-19(12)16)20-28-29(21(31)34-20)11-18(30)27-10-13-6-7-14(23)9-15(13)22(24,25)26/h3-9H,2,10-11H2,1H3,(H,27,30). The molecule has 4 aromatic rings. The van der Waals surface area contributed by atoms with E-state index in [1.807, 2.05) is 6.92 Å². The summed E-state index contributed by atoms with van der Waals surface area (Å²) in [5.41, 5.74) is -1.11. The predicted molar refractivity (Wildman–Crippen MR) is 110 cm³/mol. The number of fused-ring (bicyclic) bond motifs is 1. The maximum absolute atomic E-state index is 13.2. The van der Waals surface area contributed by atoms with Crippen LogP contribution in [0.2, 0.25) is 0 Å². The molecule has 1 amide bonds. The maximum atomic E-state index is 13.2. The Morgan fingerprint density at radius 3 is 2.71 bits per heavy atom. The summed E-state index contributed by atoms with van der Waals surface area (Å²) in [7, 11) is 0. The van der Waals surface area contributed by atoms with Crippen LogP contribution < -0.4 is 15.8 Å². The Morgan fingerprint density at radius 2 is 1.97 bits per heavy atom. The molecule has 8 nitrogen and oxygen atoms in total. The fourth-order valence-corrected chi connectivity index (χ4v) is 3.27. The normalized spacial score (nSPS) is 11.7. The molecule has 2 aromatic carbocycles. The molecule has 0 aliphatic rings. The van der Waals surface area contributed by atoms with Gasteiger partial charge in [-0.1, -0.05) is 18.2 Å². The minimum atomic E-state index is -4.80. The molecule has 4 rings (SSSR count). The van der Waals surface area contributed by atoms with E-state index in [0.717, 1.165) is 12.1 Å². The summed E-state index contributed by atoms with van der Waals surface area (Å²) in [5.74, 6) is -2.39. The van der Waals surface area contributed by atoms with Gasteiger partial charge in [0.1, 0.15) is 12.4 Å². The highest BCUT2D eigenvalue weighted by molar-refractivity contribution is 5.86. The molecule has 2 aromatic heterocycles. The molecule has 0 aliphatic heterocycles. The monoisotopic (exact) mass is 479 g/mol. The summed E-state index contributed by atoms with van der Waals surface area (Å²) in [6.45, 7) is 1.08. The van der Waals surface area contributed by atoms with Crippen LogP contribution in [0, 0.1) is 5.82 Å². The number of nitrogens with zero attached hydrogens (tertiary/aromatic N) is 2. The zero-order valence-electron chi connectivity index (χ0n) is 17.6. The molecule has 0 atom stereocenters. The van der Waals surface area contributed by atoms with Crippen LogP contribution in [0.4, 0.5) is 17.6 Å². The van der Waals surface area contributed by atoms with E-state index in [1.54, 1.807) is 24.3 Å². The van der Waals surface area contributed by atoms with Gasteiger partial charge in [-0.25, -0.2) is 9.18 Å². The topological polar surface area (TPSA) is 99.5 Å². The third-order valence-corrected chi connectivity index (χ3v) is 4.77. The van der Waals surface area contributed by atoms with E-state index in [2.05, 4.69) is 10.4 Å². The van der Waals surface area contributed by atoms with Crippen molar-refractivity contribution in [1.82, 2.24) is 15.1 Å². The van der Waals surface area contributed by atoms with Gasteiger partial charge in [-0.15, -0.1) is 5.10 Å². The van der Waals surface area contributed by atoms with E-state index in [-0.39, 0.29) is 17.2 Å². The zero-order chi connectivity index (χ0) is 24.5. The molecule has 34 heavy (non-hydrogen) atoms. The minimum Gasteiger partial charge on any atom is -0.490 e. The number of benzene rings is 2. The summed E-state index contributed by atoms with van der Waals surface area (Å²) in [6.07, 6.45) is -4.80. The summed E-state index contributed by atoms with van der Waals surface area (Å²) in [5, 5.41) is 6.86. The first-order valence-corrected chi connectivity index (χ1v) is 10.0. The molecular formula is C22H17F4N3O5. The molecule has 0 spiro atoms. The number of alkyl halides is 3. The second-order valence-electron chi connectivity index (χ2n) is 7.12. The van der Waals surface area contributed by atoms with E-state index in [0.29, 0.717) is 34.1 Å². The van der Waals surface area contributed by atoms with Crippen molar-refractivity contribution in [3.05, 3.63) is 70.0 Å². The first-order valence-electron chi connectivity index (χ1n) is 10.0. The van der Waals surface area contributed by atoms with Crippen LogP contribution in [-0.4, -0.2) is 22.3 Å². The molecule has 0 fully saturated rings. The Kier molecular flexibility index (Phi) is 6.14. The number of hydrogen-bond acceptors (Lipinski definition) is 6. The SMILES string of the molecule is CCOc1cccc2cc(-c3nn(CC(=O)NCc4ccc(F)cc4C(F)(F)F)c(=O)o3)oc12. The van der Waals surface area contributed by atoms with Crippen LogP contribution in [0.5, 0.6) is 5.75 Å². The van der Waals surface area contributed by atoms with E-state index in [1.165, 1.54) is 0 Å². The van der Waals surface area contributed by atoms with Crippen LogP contribution in [0.3, 0.4) is 0 Å². The summed E-state index contributed by atoms with van der Waals surface area (Å²) in [6, 6.07) is 8.95. The van der Waals surface area contributed by atoms with Gasteiger partial charge in [-0.05, 0) is 36.8 Å². The fourth-order valence-electron chi connectivity index (χ4n) is 3.27. The van der Waals surface area contributed by atoms with E-state index >= 15 is 0 Å².